The predicted octanol–water partition coefficient (Wildman–Crippen LogP) is 4.63. The minimum atomic E-state index is -0.650. The lowest BCUT2D eigenvalue weighted by Gasteiger charge is -2.30. The van der Waals surface area contributed by atoms with E-state index in [1.54, 1.807) is 18.5 Å². The summed E-state index contributed by atoms with van der Waals surface area (Å²) in [6.07, 6.45) is 3.25. The van der Waals surface area contributed by atoms with E-state index in [1.165, 1.54) is 0 Å². The molecular formula is C19H24BrNO2Si. The lowest BCUT2D eigenvalue weighted by molar-refractivity contribution is 0.103. The summed E-state index contributed by atoms with van der Waals surface area (Å²) in [5.41, 5.74) is 1.98. The molecule has 0 spiro atoms. The molecule has 2 aromatic rings. The van der Waals surface area contributed by atoms with E-state index in [9.17, 15) is 4.79 Å². The quantitative estimate of drug-likeness (QED) is 0.537. The van der Waals surface area contributed by atoms with Crippen LogP contribution in [0.15, 0.2) is 47.2 Å². The van der Waals surface area contributed by atoms with Crippen molar-refractivity contribution in [2.75, 3.05) is 0 Å². The Bertz CT molecular complexity index is 721. The third-order valence-corrected chi connectivity index (χ3v) is 5.84. The van der Waals surface area contributed by atoms with Crippen molar-refractivity contribution < 1.29 is 9.22 Å². The zero-order valence-corrected chi connectivity index (χ0v) is 17.9. The molecular weight excluding hydrogens is 382 g/mol. The van der Waals surface area contributed by atoms with Crippen molar-refractivity contribution in [2.24, 2.45) is 0 Å². The van der Waals surface area contributed by atoms with Crippen molar-refractivity contribution >= 4 is 31.5 Å². The first-order valence-corrected chi connectivity index (χ1v) is 10.1. The molecule has 1 aromatic carbocycles. The highest BCUT2D eigenvalue weighted by Crippen LogP contribution is 2.29. The lowest BCUT2D eigenvalue weighted by atomic mass is 9.95. The van der Waals surface area contributed by atoms with Crippen molar-refractivity contribution in [1.29, 1.82) is 0 Å². The Morgan fingerprint density at radius 3 is 2.21 bits per heavy atom. The zero-order chi connectivity index (χ0) is 18.0. The van der Waals surface area contributed by atoms with E-state index in [-0.39, 0.29) is 16.4 Å². The number of hydrogen-bond donors (Lipinski definition) is 0. The van der Waals surface area contributed by atoms with Crippen LogP contribution in [0.3, 0.4) is 0 Å². The van der Waals surface area contributed by atoms with Crippen molar-refractivity contribution in [3.05, 3.63) is 63.9 Å². The summed E-state index contributed by atoms with van der Waals surface area (Å²) in [7, 11) is -0.650. The molecule has 0 radical (unpaired) electrons. The number of halogens is 1. The van der Waals surface area contributed by atoms with Crippen LogP contribution in [-0.4, -0.2) is 20.5 Å². The van der Waals surface area contributed by atoms with E-state index in [4.69, 9.17) is 4.43 Å². The summed E-state index contributed by atoms with van der Waals surface area (Å²) in [6.45, 7) is 10.8. The number of hydrogen-bond acceptors (Lipinski definition) is 3. The average Bonchev–Trinajstić information content (AvgIpc) is 2.52. The van der Waals surface area contributed by atoms with E-state index >= 15 is 0 Å². The fourth-order valence-corrected chi connectivity index (χ4v) is 3.53. The standard InChI is InChI=1S/C19H24BrNO2Si/c1-18(2,3)24-23-19(4,5)15-8-6-13(7-9-15)17(22)14-10-16(20)12-21-11-14/h6-12H,24H2,1-5H3. The van der Waals surface area contributed by atoms with Crippen LogP contribution in [0.5, 0.6) is 0 Å². The Hall–Kier alpha value is -1.30. The summed E-state index contributed by atoms with van der Waals surface area (Å²) in [4.78, 5) is 16.6. The Balaban J connectivity index is 2.16. The molecule has 0 saturated heterocycles. The monoisotopic (exact) mass is 405 g/mol. The summed E-state index contributed by atoms with van der Waals surface area (Å²) >= 11 is 3.35. The van der Waals surface area contributed by atoms with Crippen LogP contribution in [-0.2, 0) is 10.0 Å². The van der Waals surface area contributed by atoms with Gasteiger partial charge in [-0.3, -0.25) is 9.78 Å². The molecule has 2 rings (SSSR count). The van der Waals surface area contributed by atoms with Gasteiger partial charge in [0.2, 0.25) is 0 Å². The summed E-state index contributed by atoms with van der Waals surface area (Å²) < 4.78 is 7.02. The molecule has 0 unspecified atom stereocenters. The molecule has 0 atom stereocenters. The van der Waals surface area contributed by atoms with E-state index < -0.39 is 9.76 Å². The second kappa shape index (κ2) is 7.29. The molecule has 5 heteroatoms. The molecule has 1 aromatic heterocycles. The van der Waals surface area contributed by atoms with Crippen LogP contribution in [0, 0.1) is 0 Å². The highest BCUT2D eigenvalue weighted by molar-refractivity contribution is 9.10. The Morgan fingerprint density at radius 1 is 1.04 bits per heavy atom. The molecule has 1 heterocycles. The van der Waals surface area contributed by atoms with Crippen LogP contribution in [0.1, 0.15) is 56.1 Å². The Labute approximate surface area is 154 Å². The highest BCUT2D eigenvalue weighted by atomic mass is 79.9. The summed E-state index contributed by atoms with van der Waals surface area (Å²) in [5, 5.41) is 0.251. The number of carbonyl (C=O) groups is 1. The highest BCUT2D eigenvalue weighted by Gasteiger charge is 2.24. The van der Waals surface area contributed by atoms with E-state index in [0.29, 0.717) is 11.1 Å². The first-order chi connectivity index (χ1) is 11.1. The predicted molar refractivity (Wildman–Crippen MR) is 104 cm³/mol. The third-order valence-electron chi connectivity index (χ3n) is 3.68. The topological polar surface area (TPSA) is 39.2 Å². The smallest absolute Gasteiger partial charge is 0.194 e. The third kappa shape index (κ3) is 5.10. The Morgan fingerprint density at radius 2 is 1.67 bits per heavy atom. The molecule has 0 aliphatic carbocycles. The Kier molecular flexibility index (Phi) is 5.78. The number of benzene rings is 1. The number of pyridine rings is 1. The molecule has 0 aliphatic heterocycles. The van der Waals surface area contributed by atoms with Crippen LogP contribution in [0.25, 0.3) is 0 Å². The maximum Gasteiger partial charge on any atom is 0.194 e. The molecule has 0 amide bonds. The molecule has 0 saturated carbocycles. The molecule has 3 nitrogen and oxygen atoms in total. The van der Waals surface area contributed by atoms with Crippen LogP contribution in [0.4, 0.5) is 0 Å². The first kappa shape index (κ1) is 19.0. The van der Waals surface area contributed by atoms with Gasteiger partial charge in [0.05, 0.1) is 5.60 Å². The zero-order valence-electron chi connectivity index (χ0n) is 14.9. The van der Waals surface area contributed by atoms with Gasteiger partial charge >= 0.3 is 0 Å². The van der Waals surface area contributed by atoms with E-state index in [1.807, 2.05) is 24.3 Å². The van der Waals surface area contributed by atoms with Gasteiger partial charge in [0, 0.05) is 28.0 Å². The number of rotatable bonds is 5. The van der Waals surface area contributed by atoms with Gasteiger partial charge in [0.1, 0.15) is 0 Å². The second-order valence-corrected chi connectivity index (χ2v) is 11.3. The molecule has 0 bridgehead atoms. The first-order valence-electron chi connectivity index (χ1n) is 7.98. The fourth-order valence-electron chi connectivity index (χ4n) is 2.21. The van der Waals surface area contributed by atoms with Gasteiger partial charge in [0.25, 0.3) is 0 Å². The summed E-state index contributed by atoms with van der Waals surface area (Å²) in [5.74, 6) is -0.0295. The van der Waals surface area contributed by atoms with Gasteiger partial charge < -0.3 is 4.43 Å². The van der Waals surface area contributed by atoms with Crippen molar-refractivity contribution in [1.82, 2.24) is 4.98 Å². The molecule has 128 valence electrons. The number of ketones is 1. The minimum Gasteiger partial charge on any atom is -0.415 e. The van der Waals surface area contributed by atoms with E-state index in [0.717, 1.165) is 10.0 Å². The van der Waals surface area contributed by atoms with Crippen molar-refractivity contribution in [2.45, 2.75) is 45.3 Å². The fraction of sp³-hybridized carbons (Fsp3) is 0.368. The summed E-state index contributed by atoms with van der Waals surface area (Å²) in [6, 6.07) is 9.47. The number of aromatic nitrogens is 1. The van der Waals surface area contributed by atoms with Gasteiger partial charge in [-0.25, -0.2) is 0 Å². The second-order valence-electron chi connectivity index (χ2n) is 7.66. The lowest BCUT2D eigenvalue weighted by Crippen LogP contribution is -2.27. The van der Waals surface area contributed by atoms with Crippen molar-refractivity contribution in [3.8, 4) is 0 Å². The van der Waals surface area contributed by atoms with Gasteiger partial charge in [0.15, 0.2) is 15.5 Å². The van der Waals surface area contributed by atoms with Crippen molar-refractivity contribution in [3.63, 3.8) is 0 Å². The van der Waals surface area contributed by atoms with Gasteiger partial charge in [-0.2, -0.15) is 0 Å². The largest absolute Gasteiger partial charge is 0.415 e. The van der Waals surface area contributed by atoms with Gasteiger partial charge in [-0.15, -0.1) is 0 Å². The molecule has 0 fully saturated rings. The van der Waals surface area contributed by atoms with Gasteiger partial charge in [-0.05, 0) is 46.4 Å². The van der Waals surface area contributed by atoms with E-state index in [2.05, 4.69) is 55.5 Å². The van der Waals surface area contributed by atoms with Crippen LogP contribution >= 0.6 is 15.9 Å². The molecule has 24 heavy (non-hydrogen) atoms. The van der Waals surface area contributed by atoms with Crippen LogP contribution < -0.4 is 0 Å². The minimum absolute atomic E-state index is 0.0295. The number of nitrogens with zero attached hydrogens (tertiary/aromatic N) is 1. The maximum atomic E-state index is 12.5. The van der Waals surface area contributed by atoms with Gasteiger partial charge in [-0.1, -0.05) is 45.0 Å². The maximum absolute atomic E-state index is 12.5. The molecule has 0 aliphatic rings. The number of carbonyl (C=O) groups excluding carboxylic acids is 1. The SMILES string of the molecule is CC(C)(C)[SiH2]OC(C)(C)c1ccc(C(=O)c2cncc(Br)c2)cc1. The van der Waals surface area contributed by atoms with Crippen LogP contribution in [0.2, 0.25) is 5.04 Å². The normalized spacial score (nSPS) is 12.8. The average molecular weight is 406 g/mol. The molecule has 0 N–H and O–H groups in total.